The largest absolute Gasteiger partial charge is 0.458 e. The Morgan fingerprint density at radius 3 is 2.48 bits per heavy atom. The van der Waals surface area contributed by atoms with E-state index in [1.807, 2.05) is 0 Å². The summed E-state index contributed by atoms with van der Waals surface area (Å²) < 4.78 is 9.83. The Bertz CT molecular complexity index is 718. The molecule has 23 heavy (non-hydrogen) atoms. The fraction of sp³-hybridized carbons (Fsp3) is 0.125. The molecule has 0 amide bonds. The van der Waals surface area contributed by atoms with E-state index in [9.17, 15) is 9.59 Å². The topological polar surface area (TPSA) is 52.6 Å². The van der Waals surface area contributed by atoms with Gasteiger partial charge in [-0.05, 0) is 18.2 Å². The van der Waals surface area contributed by atoms with E-state index < -0.39 is 12.1 Å². The van der Waals surface area contributed by atoms with E-state index in [0.29, 0.717) is 15.6 Å². The van der Waals surface area contributed by atoms with E-state index >= 15 is 0 Å². The smallest absolute Gasteiger partial charge is 0.418 e. The van der Waals surface area contributed by atoms with Crippen molar-refractivity contribution in [3.05, 3.63) is 68.7 Å². The van der Waals surface area contributed by atoms with Gasteiger partial charge in [0, 0.05) is 26.2 Å². The van der Waals surface area contributed by atoms with Crippen LogP contribution in [0.4, 0.5) is 0 Å². The van der Waals surface area contributed by atoms with Gasteiger partial charge in [0.15, 0.2) is 0 Å². The van der Waals surface area contributed by atoms with Crippen molar-refractivity contribution in [3.63, 3.8) is 0 Å². The monoisotopic (exact) mass is 371 g/mol. The van der Waals surface area contributed by atoms with Crippen LogP contribution in [0.1, 0.15) is 17.2 Å². The fourth-order valence-corrected chi connectivity index (χ4v) is 2.54. The Balaban J connectivity index is 2.15. The number of hydrogen-bond donors (Lipinski definition) is 0. The first-order valence-electron chi connectivity index (χ1n) is 6.40. The van der Waals surface area contributed by atoms with Crippen LogP contribution >= 0.6 is 34.8 Å². The molecular weight excluding hydrogens is 363 g/mol. The lowest BCUT2D eigenvalue weighted by atomic mass is 10.1. The van der Waals surface area contributed by atoms with Gasteiger partial charge in [0.05, 0.1) is 0 Å². The first-order chi connectivity index (χ1) is 11.0. The molecule has 0 aliphatic heterocycles. The summed E-state index contributed by atoms with van der Waals surface area (Å²) in [4.78, 5) is 22.7. The molecule has 7 heteroatoms. The van der Waals surface area contributed by atoms with Gasteiger partial charge in [-0.3, -0.25) is 0 Å². The summed E-state index contributed by atoms with van der Waals surface area (Å²) in [5.41, 5.74) is 0.877. The molecule has 2 rings (SSSR count). The van der Waals surface area contributed by atoms with E-state index in [2.05, 4.69) is 4.74 Å². The molecule has 0 spiro atoms. The third-order valence-electron chi connectivity index (χ3n) is 2.95. The second-order valence-electron chi connectivity index (χ2n) is 4.45. The van der Waals surface area contributed by atoms with Gasteiger partial charge >= 0.3 is 12.4 Å². The van der Waals surface area contributed by atoms with Crippen LogP contribution < -0.4 is 0 Å². The summed E-state index contributed by atoms with van der Waals surface area (Å²) in [5, 5.41) is 1.02. The van der Waals surface area contributed by atoms with Gasteiger partial charge in [-0.1, -0.05) is 59.1 Å². The maximum Gasteiger partial charge on any atom is 0.418 e. The van der Waals surface area contributed by atoms with Crippen molar-refractivity contribution in [3.8, 4) is 0 Å². The molecule has 0 aliphatic rings. The number of esters is 1. The minimum Gasteiger partial charge on any atom is -0.458 e. The highest BCUT2D eigenvalue weighted by Gasteiger charge is 2.27. The van der Waals surface area contributed by atoms with Crippen molar-refractivity contribution in [2.45, 2.75) is 12.7 Å². The molecule has 0 aliphatic carbocycles. The van der Waals surface area contributed by atoms with E-state index in [-0.39, 0.29) is 17.2 Å². The molecule has 1 atom stereocenters. The van der Waals surface area contributed by atoms with Gasteiger partial charge in [-0.2, -0.15) is 0 Å². The Kier molecular flexibility index (Phi) is 6.28. The number of hydrogen-bond acceptors (Lipinski definition) is 4. The summed E-state index contributed by atoms with van der Waals surface area (Å²) in [7, 11) is 0. The van der Waals surface area contributed by atoms with Crippen molar-refractivity contribution >= 4 is 47.2 Å². The minimum atomic E-state index is -1.33. The number of benzene rings is 2. The van der Waals surface area contributed by atoms with Gasteiger partial charge in [0.25, 0.3) is 0 Å². The lowest BCUT2D eigenvalue weighted by Gasteiger charge is -2.16. The third-order valence-corrected chi connectivity index (χ3v) is 3.88. The maximum atomic E-state index is 12.2. The number of halogens is 3. The minimum absolute atomic E-state index is 0.0670. The number of carbonyl (C=O) groups excluding carboxylic acids is 2. The molecule has 0 fully saturated rings. The second-order valence-corrected chi connectivity index (χ2v) is 5.70. The highest BCUT2D eigenvalue weighted by Crippen LogP contribution is 2.29. The molecular formula is C16H10Cl3O4. The van der Waals surface area contributed by atoms with Crippen molar-refractivity contribution in [2.75, 3.05) is 0 Å². The van der Waals surface area contributed by atoms with Crippen LogP contribution in [0, 0.1) is 0 Å². The maximum absolute atomic E-state index is 12.2. The molecule has 2 aromatic rings. The summed E-state index contributed by atoms with van der Waals surface area (Å²) in [5.74, 6) is -0.794. The summed E-state index contributed by atoms with van der Waals surface area (Å²) in [6.45, 7) is 1.16. The molecule has 2 aromatic carbocycles. The second kappa shape index (κ2) is 8.20. The SMILES string of the molecule is O=[C]OC(C(=O)OCc1ccccc1Cl)c1ccc(Cl)cc1Cl. The van der Waals surface area contributed by atoms with Gasteiger partial charge < -0.3 is 9.47 Å². The van der Waals surface area contributed by atoms with Crippen LogP contribution in [0.15, 0.2) is 42.5 Å². The molecule has 4 nitrogen and oxygen atoms in total. The quantitative estimate of drug-likeness (QED) is 0.700. The molecule has 1 unspecified atom stereocenters. The first kappa shape index (κ1) is 17.6. The molecule has 0 heterocycles. The zero-order valence-electron chi connectivity index (χ0n) is 11.6. The molecule has 0 N–H and O–H groups in total. The first-order valence-corrected chi connectivity index (χ1v) is 7.54. The molecule has 0 saturated heterocycles. The standard InChI is InChI=1S/C16H10Cl3O4/c17-11-5-6-12(14(19)7-11)15(23-9-20)16(21)22-8-10-3-1-2-4-13(10)18/h1-7,15H,8H2. The molecule has 119 valence electrons. The lowest BCUT2D eigenvalue weighted by molar-refractivity contribution is -0.154. The lowest BCUT2D eigenvalue weighted by Crippen LogP contribution is -2.19. The van der Waals surface area contributed by atoms with Crippen molar-refractivity contribution < 1.29 is 19.1 Å². The van der Waals surface area contributed by atoms with Crippen molar-refractivity contribution in [2.24, 2.45) is 0 Å². The van der Waals surface area contributed by atoms with Crippen LogP contribution in [-0.4, -0.2) is 12.4 Å². The van der Waals surface area contributed by atoms with Gasteiger partial charge in [0.1, 0.15) is 6.61 Å². The highest BCUT2D eigenvalue weighted by molar-refractivity contribution is 6.35. The zero-order chi connectivity index (χ0) is 16.8. The number of ether oxygens (including phenoxy) is 2. The van der Waals surface area contributed by atoms with Crippen molar-refractivity contribution in [1.82, 2.24) is 0 Å². The van der Waals surface area contributed by atoms with Crippen LogP contribution in [0.25, 0.3) is 0 Å². The van der Waals surface area contributed by atoms with Gasteiger partial charge in [0.2, 0.25) is 6.10 Å². The number of carbonyl (C=O) groups is 1. The average Bonchev–Trinajstić information content (AvgIpc) is 2.52. The molecule has 0 bridgehead atoms. The van der Waals surface area contributed by atoms with E-state index in [4.69, 9.17) is 39.5 Å². The Labute approximate surface area is 147 Å². The predicted octanol–water partition coefficient (Wildman–Crippen LogP) is 4.52. The molecule has 1 radical (unpaired) electrons. The Hall–Kier alpha value is -1.75. The Morgan fingerprint density at radius 2 is 1.83 bits per heavy atom. The van der Waals surface area contributed by atoms with Crippen LogP contribution in [-0.2, 0) is 25.7 Å². The Morgan fingerprint density at radius 1 is 1.09 bits per heavy atom. The zero-order valence-corrected chi connectivity index (χ0v) is 13.9. The van der Waals surface area contributed by atoms with Gasteiger partial charge in [-0.15, -0.1) is 0 Å². The molecule has 0 aromatic heterocycles. The average molecular weight is 373 g/mol. The van der Waals surface area contributed by atoms with Crippen LogP contribution in [0.5, 0.6) is 0 Å². The summed E-state index contributed by atoms with van der Waals surface area (Å²) in [6, 6.07) is 11.3. The third kappa shape index (κ3) is 4.61. The van der Waals surface area contributed by atoms with E-state index in [1.165, 1.54) is 24.7 Å². The predicted molar refractivity (Wildman–Crippen MR) is 87.2 cm³/mol. The van der Waals surface area contributed by atoms with Crippen LogP contribution in [0.2, 0.25) is 15.1 Å². The fourth-order valence-electron chi connectivity index (χ4n) is 1.84. The molecule has 0 saturated carbocycles. The summed E-state index contributed by atoms with van der Waals surface area (Å²) in [6.07, 6.45) is -1.33. The number of rotatable bonds is 6. The normalized spacial score (nSPS) is 11.6. The van der Waals surface area contributed by atoms with Crippen molar-refractivity contribution in [1.29, 1.82) is 0 Å². The highest BCUT2D eigenvalue weighted by atomic mass is 35.5. The summed E-state index contributed by atoms with van der Waals surface area (Å²) >= 11 is 17.8. The van der Waals surface area contributed by atoms with E-state index in [0.717, 1.165) is 0 Å². The van der Waals surface area contributed by atoms with E-state index in [1.54, 1.807) is 24.3 Å². The van der Waals surface area contributed by atoms with Gasteiger partial charge in [-0.25, -0.2) is 9.59 Å². The van der Waals surface area contributed by atoms with Crippen LogP contribution in [0.3, 0.4) is 0 Å².